The van der Waals surface area contributed by atoms with Crippen molar-refractivity contribution in [1.29, 1.82) is 0 Å². The second-order valence-corrected chi connectivity index (χ2v) is 7.62. The van der Waals surface area contributed by atoms with Gasteiger partial charge in [-0.05, 0) is 48.4 Å². The molecule has 0 fully saturated rings. The summed E-state index contributed by atoms with van der Waals surface area (Å²) in [4.78, 5) is 25.3. The van der Waals surface area contributed by atoms with Crippen LogP contribution in [-0.4, -0.2) is 39.8 Å². The molecule has 0 bridgehead atoms. The van der Waals surface area contributed by atoms with Gasteiger partial charge in [0.15, 0.2) is 11.5 Å². The molecule has 33 heavy (non-hydrogen) atoms. The van der Waals surface area contributed by atoms with E-state index in [-0.39, 0.29) is 12.5 Å². The lowest BCUT2D eigenvalue weighted by Crippen LogP contribution is -2.12. The summed E-state index contributed by atoms with van der Waals surface area (Å²) >= 11 is 1.25. The fraction of sp³-hybridized carbons (Fsp3) is 0.200. The summed E-state index contributed by atoms with van der Waals surface area (Å²) in [6.45, 7) is 1.95. The highest BCUT2D eigenvalue weighted by Gasteiger charge is 2.23. The number of nitrogens with one attached hydrogen (secondary N) is 1. The molecule has 2 aromatic carbocycles. The summed E-state index contributed by atoms with van der Waals surface area (Å²) in [6.07, 6.45) is 3.09. The van der Waals surface area contributed by atoms with E-state index >= 15 is 0 Å². The Morgan fingerprint density at radius 2 is 1.70 bits per heavy atom. The van der Waals surface area contributed by atoms with Crippen molar-refractivity contribution in [2.75, 3.05) is 33.3 Å². The number of carbonyl (C=O) groups is 2. The Bertz CT molecular complexity index is 1150. The van der Waals surface area contributed by atoms with E-state index in [1.165, 1.54) is 17.4 Å². The minimum absolute atomic E-state index is 0.213. The highest BCUT2D eigenvalue weighted by molar-refractivity contribution is 7.15. The van der Waals surface area contributed by atoms with Crippen molar-refractivity contribution in [3.63, 3.8) is 0 Å². The maximum atomic E-state index is 12.8. The Morgan fingerprint density at radius 1 is 0.970 bits per heavy atom. The molecule has 1 aromatic heterocycles. The first-order chi connectivity index (χ1) is 16.0. The molecule has 0 saturated carbocycles. The van der Waals surface area contributed by atoms with Crippen molar-refractivity contribution >= 4 is 34.3 Å². The fourth-order valence-electron chi connectivity index (χ4n) is 3.11. The molecule has 7 nitrogen and oxygen atoms in total. The normalized spacial score (nSPS) is 10.7. The van der Waals surface area contributed by atoms with Crippen LogP contribution in [0.2, 0.25) is 0 Å². The molecule has 0 spiro atoms. The molecule has 0 aliphatic rings. The Kier molecular flexibility index (Phi) is 8.10. The van der Waals surface area contributed by atoms with Crippen molar-refractivity contribution in [2.24, 2.45) is 0 Å². The van der Waals surface area contributed by atoms with Gasteiger partial charge in [-0.2, -0.15) is 0 Å². The predicted octanol–water partition coefficient (Wildman–Crippen LogP) is 5.27. The summed E-state index contributed by atoms with van der Waals surface area (Å²) in [5.74, 6) is 0.961. The van der Waals surface area contributed by atoms with Crippen LogP contribution in [0.3, 0.4) is 0 Å². The van der Waals surface area contributed by atoms with Crippen molar-refractivity contribution in [3.8, 4) is 28.4 Å². The summed E-state index contributed by atoms with van der Waals surface area (Å²) in [5.41, 5.74) is 2.50. The molecule has 0 unspecified atom stereocenters. The van der Waals surface area contributed by atoms with Crippen LogP contribution in [0.15, 0.2) is 53.9 Å². The van der Waals surface area contributed by atoms with E-state index in [1.54, 1.807) is 51.8 Å². The highest BCUT2D eigenvalue weighted by Crippen LogP contribution is 2.39. The molecule has 1 heterocycles. The summed E-state index contributed by atoms with van der Waals surface area (Å²) in [7, 11) is 4.69. The van der Waals surface area contributed by atoms with Crippen LogP contribution in [0.5, 0.6) is 17.2 Å². The third-order valence-corrected chi connectivity index (χ3v) is 5.64. The minimum Gasteiger partial charge on any atom is -0.497 e. The number of amides is 1. The summed E-state index contributed by atoms with van der Waals surface area (Å²) in [5, 5.41) is 5.00. The predicted molar refractivity (Wildman–Crippen MR) is 129 cm³/mol. The molecule has 172 valence electrons. The van der Waals surface area contributed by atoms with Crippen LogP contribution in [0.25, 0.3) is 17.2 Å². The van der Waals surface area contributed by atoms with Gasteiger partial charge >= 0.3 is 5.97 Å². The second kappa shape index (κ2) is 11.2. The largest absolute Gasteiger partial charge is 0.497 e. The number of hydrogen-bond acceptors (Lipinski definition) is 7. The number of anilines is 1. The Balaban J connectivity index is 1.89. The molecule has 1 N–H and O–H groups in total. The van der Waals surface area contributed by atoms with E-state index in [9.17, 15) is 9.59 Å². The van der Waals surface area contributed by atoms with Gasteiger partial charge in [-0.25, -0.2) is 4.79 Å². The standard InChI is InChI=1S/C25H25NO6S/c1-5-32-25(28)23-19(17-9-12-20(30-3)21(14-17)31-4)15-33-24(23)26-22(27)13-8-16-6-10-18(29-2)11-7-16/h6-15H,5H2,1-4H3,(H,26,27). The van der Waals surface area contributed by atoms with Gasteiger partial charge < -0.3 is 24.3 Å². The van der Waals surface area contributed by atoms with Crippen LogP contribution >= 0.6 is 11.3 Å². The average molecular weight is 468 g/mol. The maximum absolute atomic E-state index is 12.8. The van der Waals surface area contributed by atoms with Gasteiger partial charge in [0.05, 0.1) is 27.9 Å². The molecule has 3 aromatic rings. The molecule has 3 rings (SSSR count). The number of rotatable bonds is 9. The van der Waals surface area contributed by atoms with Crippen LogP contribution in [-0.2, 0) is 9.53 Å². The van der Waals surface area contributed by atoms with Gasteiger partial charge in [0.1, 0.15) is 16.3 Å². The highest BCUT2D eigenvalue weighted by atomic mass is 32.1. The first-order valence-electron chi connectivity index (χ1n) is 10.1. The van der Waals surface area contributed by atoms with Crippen molar-refractivity contribution < 1.29 is 28.5 Å². The molecular formula is C25H25NO6S. The minimum atomic E-state index is -0.516. The number of benzene rings is 2. The zero-order valence-electron chi connectivity index (χ0n) is 18.8. The van der Waals surface area contributed by atoms with Gasteiger partial charge in [0.25, 0.3) is 0 Å². The average Bonchev–Trinajstić information content (AvgIpc) is 3.26. The smallest absolute Gasteiger partial charge is 0.341 e. The molecule has 8 heteroatoms. The van der Waals surface area contributed by atoms with E-state index in [2.05, 4.69) is 5.32 Å². The Morgan fingerprint density at radius 3 is 2.33 bits per heavy atom. The number of thiophene rings is 1. The lowest BCUT2D eigenvalue weighted by molar-refractivity contribution is -0.111. The molecule has 0 aliphatic heterocycles. The lowest BCUT2D eigenvalue weighted by atomic mass is 10.0. The number of methoxy groups -OCH3 is 3. The summed E-state index contributed by atoms with van der Waals surface area (Å²) < 4.78 is 21.1. The molecule has 0 saturated heterocycles. The van der Waals surface area contributed by atoms with E-state index < -0.39 is 5.97 Å². The third kappa shape index (κ3) is 5.72. The second-order valence-electron chi connectivity index (χ2n) is 6.74. The molecular weight excluding hydrogens is 442 g/mol. The monoisotopic (exact) mass is 467 g/mol. The number of esters is 1. The first-order valence-corrected chi connectivity index (χ1v) is 11.0. The zero-order chi connectivity index (χ0) is 23.8. The fourth-order valence-corrected chi connectivity index (χ4v) is 4.07. The quantitative estimate of drug-likeness (QED) is 0.341. The van der Waals surface area contributed by atoms with Gasteiger partial charge in [-0.15, -0.1) is 11.3 Å². The number of carbonyl (C=O) groups excluding carboxylic acids is 2. The zero-order valence-corrected chi connectivity index (χ0v) is 19.7. The molecule has 0 atom stereocenters. The van der Waals surface area contributed by atoms with Gasteiger partial charge in [0.2, 0.25) is 5.91 Å². The number of ether oxygens (including phenoxy) is 4. The van der Waals surface area contributed by atoms with Crippen molar-refractivity contribution in [2.45, 2.75) is 6.92 Å². The van der Waals surface area contributed by atoms with E-state index in [0.717, 1.165) is 16.9 Å². The molecule has 0 aliphatic carbocycles. The van der Waals surface area contributed by atoms with Gasteiger partial charge in [-0.1, -0.05) is 18.2 Å². The lowest BCUT2D eigenvalue weighted by Gasteiger charge is -2.11. The van der Waals surface area contributed by atoms with Gasteiger partial charge in [0, 0.05) is 17.0 Å². The van der Waals surface area contributed by atoms with Crippen LogP contribution < -0.4 is 19.5 Å². The first kappa shape index (κ1) is 23.9. The van der Waals surface area contributed by atoms with E-state index in [4.69, 9.17) is 18.9 Å². The van der Waals surface area contributed by atoms with E-state index in [1.807, 2.05) is 30.3 Å². The van der Waals surface area contributed by atoms with Crippen LogP contribution in [0.1, 0.15) is 22.8 Å². The summed E-state index contributed by atoms with van der Waals surface area (Å²) in [6, 6.07) is 12.7. The van der Waals surface area contributed by atoms with Gasteiger partial charge in [-0.3, -0.25) is 4.79 Å². The molecule has 1 amide bonds. The van der Waals surface area contributed by atoms with Crippen LogP contribution in [0, 0.1) is 0 Å². The Labute approximate surface area is 196 Å². The maximum Gasteiger partial charge on any atom is 0.341 e. The van der Waals surface area contributed by atoms with Crippen molar-refractivity contribution in [3.05, 3.63) is 65.0 Å². The third-order valence-electron chi connectivity index (χ3n) is 4.74. The SMILES string of the molecule is CCOC(=O)c1c(-c2ccc(OC)c(OC)c2)csc1NC(=O)C=Cc1ccc(OC)cc1. The Hall–Kier alpha value is -3.78. The molecule has 0 radical (unpaired) electrons. The van der Waals surface area contributed by atoms with Crippen LogP contribution in [0.4, 0.5) is 5.00 Å². The number of hydrogen-bond donors (Lipinski definition) is 1. The van der Waals surface area contributed by atoms with Crippen molar-refractivity contribution in [1.82, 2.24) is 0 Å². The van der Waals surface area contributed by atoms with E-state index in [0.29, 0.717) is 27.6 Å². The topological polar surface area (TPSA) is 83.1 Å².